The van der Waals surface area contributed by atoms with Gasteiger partial charge >= 0.3 is 0 Å². The second kappa shape index (κ2) is 10.7. The third kappa shape index (κ3) is 6.27. The molecular weight excluding hydrogens is 352 g/mol. The maximum Gasteiger partial charge on any atom is 0.246 e. The molecule has 0 saturated carbocycles. The zero-order chi connectivity index (χ0) is 19.6. The summed E-state index contributed by atoms with van der Waals surface area (Å²) in [5.74, 6) is 1.79. The van der Waals surface area contributed by atoms with Gasteiger partial charge in [0.2, 0.25) is 12.7 Å². The predicted molar refractivity (Wildman–Crippen MR) is 112 cm³/mol. The van der Waals surface area contributed by atoms with Gasteiger partial charge in [-0.3, -0.25) is 4.79 Å². The molecular formula is C23H30N2O3. The molecule has 28 heavy (non-hydrogen) atoms. The minimum atomic E-state index is 0.115. The van der Waals surface area contributed by atoms with E-state index in [0.717, 1.165) is 63.4 Å². The van der Waals surface area contributed by atoms with Crippen molar-refractivity contribution >= 4 is 5.91 Å². The summed E-state index contributed by atoms with van der Waals surface area (Å²) in [7, 11) is 2.09. The fraction of sp³-hybridized carbons (Fsp3) is 0.435. The van der Waals surface area contributed by atoms with Gasteiger partial charge in [0.15, 0.2) is 11.5 Å². The number of amides is 1. The van der Waals surface area contributed by atoms with E-state index in [4.69, 9.17) is 9.47 Å². The van der Waals surface area contributed by atoms with Crippen molar-refractivity contribution in [2.75, 3.05) is 40.0 Å². The fourth-order valence-electron chi connectivity index (χ4n) is 3.20. The van der Waals surface area contributed by atoms with Crippen LogP contribution in [0.1, 0.15) is 24.8 Å². The molecule has 3 rings (SSSR count). The molecule has 1 aromatic carbocycles. The maximum absolute atomic E-state index is 12.1. The largest absolute Gasteiger partial charge is 0.454 e. The Morgan fingerprint density at radius 1 is 1.00 bits per heavy atom. The number of piperazine rings is 1. The summed E-state index contributed by atoms with van der Waals surface area (Å²) in [5, 5.41) is 0. The fourth-order valence-corrected chi connectivity index (χ4v) is 3.20. The van der Waals surface area contributed by atoms with Crippen LogP contribution in [0.4, 0.5) is 0 Å². The average Bonchev–Trinajstić information content (AvgIpc) is 3.17. The second-order valence-corrected chi connectivity index (χ2v) is 7.21. The number of allylic oxidation sites excluding steroid dienone is 5. The predicted octanol–water partition coefficient (Wildman–Crippen LogP) is 3.57. The van der Waals surface area contributed by atoms with Gasteiger partial charge in [-0.05, 0) is 50.4 Å². The molecule has 0 spiro atoms. The number of hydrogen-bond donors (Lipinski definition) is 0. The molecule has 0 N–H and O–H groups in total. The Morgan fingerprint density at radius 3 is 2.64 bits per heavy atom. The number of hydrogen-bond acceptors (Lipinski definition) is 4. The number of likely N-dealkylation sites (N-methyl/N-ethyl adjacent to an activating group) is 1. The van der Waals surface area contributed by atoms with E-state index in [1.165, 1.54) is 5.56 Å². The molecule has 2 heterocycles. The number of nitrogens with zero attached hydrogens (tertiary/aromatic N) is 2. The van der Waals surface area contributed by atoms with Crippen LogP contribution in [-0.4, -0.2) is 55.7 Å². The third-order valence-electron chi connectivity index (χ3n) is 5.00. The number of ether oxygens (including phenoxy) is 2. The van der Waals surface area contributed by atoms with E-state index in [1.807, 2.05) is 29.2 Å². The van der Waals surface area contributed by atoms with Gasteiger partial charge in [-0.1, -0.05) is 36.4 Å². The Balaban J connectivity index is 1.26. The molecule has 0 atom stereocenters. The summed E-state index contributed by atoms with van der Waals surface area (Å²) in [5.41, 5.74) is 1.23. The zero-order valence-corrected chi connectivity index (χ0v) is 16.7. The van der Waals surface area contributed by atoms with Crippen LogP contribution in [0.5, 0.6) is 11.5 Å². The normalized spacial score (nSPS) is 17.4. The first-order valence-corrected chi connectivity index (χ1v) is 10.1. The van der Waals surface area contributed by atoms with E-state index in [2.05, 4.69) is 36.2 Å². The molecule has 0 aromatic heterocycles. The molecule has 1 fully saturated rings. The Kier molecular flexibility index (Phi) is 7.73. The van der Waals surface area contributed by atoms with Crippen molar-refractivity contribution in [3.63, 3.8) is 0 Å². The Hall–Kier alpha value is -2.53. The smallest absolute Gasteiger partial charge is 0.246 e. The lowest BCUT2D eigenvalue weighted by Crippen LogP contribution is -2.46. The standard InChI is InChI=1S/C23H30N2O3/c1-24-14-16-25(17-15-24)23(26)11-9-7-5-3-2-4-6-8-10-20-12-13-21-22(18-20)28-19-27-21/h5-9,11-13,18H,2-4,10,14-17,19H2,1H3/b7-5+,8-6+,11-9+. The van der Waals surface area contributed by atoms with Gasteiger partial charge in [-0.15, -0.1) is 0 Å². The van der Waals surface area contributed by atoms with Crippen LogP contribution in [0.25, 0.3) is 0 Å². The van der Waals surface area contributed by atoms with Gasteiger partial charge in [-0.25, -0.2) is 0 Å². The first-order valence-electron chi connectivity index (χ1n) is 10.1. The monoisotopic (exact) mass is 382 g/mol. The van der Waals surface area contributed by atoms with Crippen molar-refractivity contribution in [1.29, 1.82) is 0 Å². The van der Waals surface area contributed by atoms with E-state index in [9.17, 15) is 4.79 Å². The summed E-state index contributed by atoms with van der Waals surface area (Å²) in [4.78, 5) is 16.2. The van der Waals surface area contributed by atoms with Crippen LogP contribution in [0.3, 0.4) is 0 Å². The van der Waals surface area contributed by atoms with Crippen LogP contribution in [-0.2, 0) is 11.2 Å². The lowest BCUT2D eigenvalue weighted by molar-refractivity contribution is -0.127. The van der Waals surface area contributed by atoms with Crippen LogP contribution < -0.4 is 9.47 Å². The number of rotatable bonds is 8. The summed E-state index contributed by atoms with van der Waals surface area (Å²) < 4.78 is 10.7. The highest BCUT2D eigenvalue weighted by Gasteiger charge is 2.16. The second-order valence-electron chi connectivity index (χ2n) is 7.21. The average molecular weight is 383 g/mol. The van der Waals surface area contributed by atoms with Gasteiger partial charge < -0.3 is 19.3 Å². The summed E-state index contributed by atoms with van der Waals surface area (Å²) in [6, 6.07) is 6.10. The first kappa shape index (κ1) is 20.2. The number of carbonyl (C=O) groups is 1. The zero-order valence-electron chi connectivity index (χ0n) is 16.7. The van der Waals surface area contributed by atoms with Crippen LogP contribution in [0.2, 0.25) is 0 Å². The molecule has 0 radical (unpaired) electrons. The quantitative estimate of drug-likeness (QED) is 0.298. The molecule has 1 aromatic rings. The van der Waals surface area contributed by atoms with Crippen molar-refractivity contribution in [2.24, 2.45) is 0 Å². The van der Waals surface area contributed by atoms with E-state index < -0.39 is 0 Å². The Labute approximate surface area is 167 Å². The van der Waals surface area contributed by atoms with Crippen molar-refractivity contribution in [2.45, 2.75) is 25.7 Å². The molecule has 5 heteroatoms. The lowest BCUT2D eigenvalue weighted by Gasteiger charge is -2.31. The minimum Gasteiger partial charge on any atom is -0.454 e. The molecule has 150 valence electrons. The van der Waals surface area contributed by atoms with Crippen LogP contribution >= 0.6 is 0 Å². The van der Waals surface area contributed by atoms with Crippen molar-refractivity contribution in [3.05, 3.63) is 60.2 Å². The van der Waals surface area contributed by atoms with Crippen molar-refractivity contribution in [1.82, 2.24) is 9.80 Å². The summed E-state index contributed by atoms with van der Waals surface area (Å²) in [6.45, 7) is 3.88. The van der Waals surface area contributed by atoms with Gasteiger partial charge in [0.05, 0.1) is 0 Å². The van der Waals surface area contributed by atoms with Crippen molar-refractivity contribution in [3.8, 4) is 11.5 Å². The third-order valence-corrected chi connectivity index (χ3v) is 5.00. The molecule has 1 amide bonds. The van der Waals surface area contributed by atoms with Crippen LogP contribution in [0.15, 0.2) is 54.7 Å². The maximum atomic E-state index is 12.1. The molecule has 0 aliphatic carbocycles. The van der Waals surface area contributed by atoms with Gasteiger partial charge in [0, 0.05) is 32.3 Å². The number of unbranched alkanes of at least 4 members (excludes halogenated alkanes) is 2. The topological polar surface area (TPSA) is 42.0 Å². The molecule has 2 aliphatic rings. The highest BCUT2D eigenvalue weighted by Crippen LogP contribution is 2.32. The summed E-state index contributed by atoms with van der Waals surface area (Å²) >= 11 is 0. The van der Waals surface area contributed by atoms with Gasteiger partial charge in [0.25, 0.3) is 0 Å². The van der Waals surface area contributed by atoms with E-state index >= 15 is 0 Å². The molecule has 2 aliphatic heterocycles. The SMILES string of the molecule is CN1CCN(C(=O)/C=C/C=C/CCC/C=C/Cc2ccc3c(c2)OCO3)CC1. The van der Waals surface area contributed by atoms with Crippen molar-refractivity contribution < 1.29 is 14.3 Å². The molecule has 5 nitrogen and oxygen atoms in total. The molecule has 0 bridgehead atoms. The number of benzene rings is 1. The first-order chi connectivity index (χ1) is 13.7. The number of carbonyl (C=O) groups excluding carboxylic acids is 1. The molecule has 1 saturated heterocycles. The highest BCUT2D eigenvalue weighted by atomic mass is 16.7. The molecule has 0 unspecified atom stereocenters. The lowest BCUT2D eigenvalue weighted by atomic mass is 10.1. The highest BCUT2D eigenvalue weighted by molar-refractivity contribution is 5.87. The summed E-state index contributed by atoms with van der Waals surface area (Å²) in [6.07, 6.45) is 16.1. The number of fused-ring (bicyclic) bond motifs is 1. The van der Waals surface area contributed by atoms with Gasteiger partial charge in [-0.2, -0.15) is 0 Å². The minimum absolute atomic E-state index is 0.115. The van der Waals surface area contributed by atoms with E-state index in [1.54, 1.807) is 6.08 Å². The van der Waals surface area contributed by atoms with E-state index in [-0.39, 0.29) is 5.91 Å². The van der Waals surface area contributed by atoms with Gasteiger partial charge in [0.1, 0.15) is 0 Å². The van der Waals surface area contributed by atoms with Crippen LogP contribution in [0, 0.1) is 0 Å². The van der Waals surface area contributed by atoms with E-state index in [0.29, 0.717) is 6.79 Å². The Morgan fingerprint density at radius 2 is 1.79 bits per heavy atom. The Bertz CT molecular complexity index is 731.